The van der Waals surface area contributed by atoms with Crippen molar-refractivity contribution < 1.29 is 14.3 Å². The Morgan fingerprint density at radius 1 is 1.04 bits per heavy atom. The molecular formula is C20H21NO3. The SMILES string of the molecule is O=C(NC[C@@H]1COc2ccccc2O1)c1ccc2c(c1)CCCC2. The Morgan fingerprint density at radius 2 is 1.83 bits per heavy atom. The number of ether oxygens (including phenoxy) is 2. The first-order valence-corrected chi connectivity index (χ1v) is 8.58. The van der Waals surface area contributed by atoms with Gasteiger partial charge in [0.05, 0.1) is 6.54 Å². The van der Waals surface area contributed by atoms with Crippen LogP contribution in [0.5, 0.6) is 11.5 Å². The van der Waals surface area contributed by atoms with Crippen LogP contribution in [-0.4, -0.2) is 25.2 Å². The highest BCUT2D eigenvalue weighted by Gasteiger charge is 2.21. The largest absolute Gasteiger partial charge is 0.486 e. The zero-order valence-electron chi connectivity index (χ0n) is 13.6. The molecule has 4 heteroatoms. The molecule has 124 valence electrons. The van der Waals surface area contributed by atoms with Gasteiger partial charge in [-0.05, 0) is 61.1 Å². The Balaban J connectivity index is 1.37. The summed E-state index contributed by atoms with van der Waals surface area (Å²) in [5.74, 6) is 1.44. The van der Waals surface area contributed by atoms with Crippen LogP contribution in [0.4, 0.5) is 0 Å². The second kappa shape index (κ2) is 6.56. The predicted molar refractivity (Wildman–Crippen MR) is 91.8 cm³/mol. The fourth-order valence-corrected chi connectivity index (χ4v) is 3.35. The molecule has 2 aromatic rings. The quantitative estimate of drug-likeness (QED) is 0.944. The summed E-state index contributed by atoms with van der Waals surface area (Å²) in [6.45, 7) is 0.881. The number of amides is 1. The molecule has 1 N–H and O–H groups in total. The van der Waals surface area contributed by atoms with Crippen LogP contribution in [0.15, 0.2) is 42.5 Å². The van der Waals surface area contributed by atoms with Gasteiger partial charge in [0.1, 0.15) is 12.7 Å². The number of carbonyl (C=O) groups excluding carboxylic acids is 1. The van der Waals surface area contributed by atoms with E-state index in [1.54, 1.807) is 0 Å². The van der Waals surface area contributed by atoms with E-state index in [1.807, 2.05) is 36.4 Å². The fourth-order valence-electron chi connectivity index (χ4n) is 3.35. The number of hydrogen-bond donors (Lipinski definition) is 1. The molecule has 0 spiro atoms. The third-order valence-corrected chi connectivity index (χ3v) is 4.67. The molecular weight excluding hydrogens is 302 g/mol. The molecule has 0 bridgehead atoms. The van der Waals surface area contributed by atoms with Gasteiger partial charge in [-0.3, -0.25) is 4.79 Å². The van der Waals surface area contributed by atoms with Crippen molar-refractivity contribution in [3.63, 3.8) is 0 Å². The summed E-state index contributed by atoms with van der Waals surface area (Å²) in [4.78, 5) is 12.4. The molecule has 0 radical (unpaired) electrons. The van der Waals surface area contributed by atoms with Crippen LogP contribution in [0.1, 0.15) is 34.3 Å². The van der Waals surface area contributed by atoms with Crippen LogP contribution < -0.4 is 14.8 Å². The minimum atomic E-state index is -0.165. The molecule has 1 atom stereocenters. The summed E-state index contributed by atoms with van der Waals surface area (Å²) in [5, 5.41) is 2.96. The van der Waals surface area contributed by atoms with E-state index in [2.05, 4.69) is 11.4 Å². The van der Waals surface area contributed by atoms with Gasteiger partial charge in [-0.15, -0.1) is 0 Å². The molecule has 0 aromatic heterocycles. The molecule has 1 amide bonds. The fraction of sp³-hybridized carbons (Fsp3) is 0.350. The van der Waals surface area contributed by atoms with Crippen LogP contribution in [0.3, 0.4) is 0 Å². The topological polar surface area (TPSA) is 47.6 Å². The van der Waals surface area contributed by atoms with Gasteiger partial charge in [-0.1, -0.05) is 18.2 Å². The van der Waals surface area contributed by atoms with E-state index in [1.165, 1.54) is 24.0 Å². The normalized spacial score (nSPS) is 18.6. The van der Waals surface area contributed by atoms with Gasteiger partial charge >= 0.3 is 0 Å². The number of benzene rings is 2. The van der Waals surface area contributed by atoms with Crippen LogP contribution >= 0.6 is 0 Å². The molecule has 0 saturated heterocycles. The third-order valence-electron chi connectivity index (χ3n) is 4.67. The minimum Gasteiger partial charge on any atom is -0.486 e. The van der Waals surface area contributed by atoms with E-state index in [4.69, 9.17) is 9.47 Å². The Bertz CT molecular complexity index is 756. The van der Waals surface area contributed by atoms with E-state index < -0.39 is 0 Å². The summed E-state index contributed by atoms with van der Waals surface area (Å²) >= 11 is 0. The Kier molecular flexibility index (Phi) is 4.11. The zero-order valence-corrected chi connectivity index (χ0v) is 13.6. The Morgan fingerprint density at radius 3 is 2.71 bits per heavy atom. The number of nitrogens with one attached hydrogen (secondary N) is 1. The minimum absolute atomic E-state index is 0.0502. The van der Waals surface area contributed by atoms with Gasteiger partial charge < -0.3 is 14.8 Å². The first-order chi connectivity index (χ1) is 11.8. The van der Waals surface area contributed by atoms with Crippen molar-refractivity contribution in [2.75, 3.05) is 13.2 Å². The molecule has 2 aromatic carbocycles. The standard InChI is InChI=1S/C20H21NO3/c22-20(16-10-9-14-5-1-2-6-15(14)11-16)21-12-17-13-23-18-7-3-4-8-19(18)24-17/h3-4,7-11,17H,1-2,5-6,12-13H2,(H,21,22)/t17-/m1/s1. The van der Waals surface area contributed by atoms with E-state index in [0.29, 0.717) is 13.2 Å². The van der Waals surface area contributed by atoms with Crippen LogP contribution in [0.25, 0.3) is 0 Å². The summed E-state index contributed by atoms with van der Waals surface area (Å²) in [6, 6.07) is 13.7. The van der Waals surface area contributed by atoms with Gasteiger partial charge in [0.25, 0.3) is 5.91 Å². The average Bonchev–Trinajstić information content (AvgIpc) is 2.65. The molecule has 1 heterocycles. The van der Waals surface area contributed by atoms with E-state index >= 15 is 0 Å². The summed E-state index contributed by atoms with van der Waals surface area (Å²) in [5.41, 5.74) is 3.44. The molecule has 0 fully saturated rings. The first-order valence-electron chi connectivity index (χ1n) is 8.58. The highest BCUT2D eigenvalue weighted by molar-refractivity contribution is 5.94. The molecule has 4 nitrogen and oxygen atoms in total. The van der Waals surface area contributed by atoms with Gasteiger partial charge in [0, 0.05) is 5.56 Å². The van der Waals surface area contributed by atoms with Crippen molar-refractivity contribution in [1.29, 1.82) is 0 Å². The van der Waals surface area contributed by atoms with Crippen molar-refractivity contribution in [3.05, 3.63) is 59.2 Å². The van der Waals surface area contributed by atoms with Crippen LogP contribution in [0.2, 0.25) is 0 Å². The zero-order chi connectivity index (χ0) is 16.4. The number of rotatable bonds is 3. The first kappa shape index (κ1) is 15.1. The number of carbonyl (C=O) groups is 1. The molecule has 2 aliphatic rings. The molecule has 1 aliphatic heterocycles. The molecule has 24 heavy (non-hydrogen) atoms. The third kappa shape index (κ3) is 3.09. The van der Waals surface area contributed by atoms with Gasteiger partial charge in [0.2, 0.25) is 0 Å². The lowest BCUT2D eigenvalue weighted by atomic mass is 9.90. The van der Waals surface area contributed by atoms with Crippen molar-refractivity contribution in [1.82, 2.24) is 5.32 Å². The van der Waals surface area contributed by atoms with E-state index in [0.717, 1.165) is 29.9 Å². The Labute approximate surface area is 141 Å². The van der Waals surface area contributed by atoms with Crippen molar-refractivity contribution in [2.24, 2.45) is 0 Å². The second-order valence-electron chi connectivity index (χ2n) is 6.40. The highest BCUT2D eigenvalue weighted by atomic mass is 16.6. The highest BCUT2D eigenvalue weighted by Crippen LogP contribution is 2.30. The lowest BCUT2D eigenvalue weighted by Crippen LogP contribution is -2.40. The number of aryl methyl sites for hydroxylation is 2. The van der Waals surface area contributed by atoms with Gasteiger partial charge in [-0.2, -0.15) is 0 Å². The average molecular weight is 323 g/mol. The van der Waals surface area contributed by atoms with Crippen molar-refractivity contribution in [3.8, 4) is 11.5 Å². The predicted octanol–water partition coefficient (Wildman–Crippen LogP) is 3.14. The summed E-state index contributed by atoms with van der Waals surface area (Å²) in [7, 11) is 0. The molecule has 0 saturated carbocycles. The maximum absolute atomic E-state index is 12.4. The smallest absolute Gasteiger partial charge is 0.251 e. The summed E-state index contributed by atoms with van der Waals surface area (Å²) in [6.07, 6.45) is 4.50. The number of fused-ring (bicyclic) bond motifs is 2. The van der Waals surface area contributed by atoms with Gasteiger partial charge in [-0.25, -0.2) is 0 Å². The maximum atomic E-state index is 12.4. The second-order valence-corrected chi connectivity index (χ2v) is 6.40. The monoisotopic (exact) mass is 323 g/mol. The summed E-state index contributed by atoms with van der Waals surface area (Å²) < 4.78 is 11.5. The maximum Gasteiger partial charge on any atom is 0.251 e. The van der Waals surface area contributed by atoms with Gasteiger partial charge in [0.15, 0.2) is 11.5 Å². The lowest BCUT2D eigenvalue weighted by Gasteiger charge is -2.26. The van der Waals surface area contributed by atoms with E-state index in [9.17, 15) is 4.79 Å². The number of para-hydroxylation sites is 2. The van der Waals surface area contributed by atoms with E-state index in [-0.39, 0.29) is 12.0 Å². The van der Waals surface area contributed by atoms with Crippen molar-refractivity contribution >= 4 is 5.91 Å². The lowest BCUT2D eigenvalue weighted by molar-refractivity contribution is 0.0789. The number of hydrogen-bond acceptors (Lipinski definition) is 3. The van der Waals surface area contributed by atoms with Crippen LogP contribution in [-0.2, 0) is 12.8 Å². The van der Waals surface area contributed by atoms with Crippen LogP contribution in [0, 0.1) is 0 Å². The molecule has 0 unspecified atom stereocenters. The Hall–Kier alpha value is -2.49. The molecule has 4 rings (SSSR count). The molecule has 1 aliphatic carbocycles. The van der Waals surface area contributed by atoms with Crippen molar-refractivity contribution in [2.45, 2.75) is 31.8 Å².